The maximum Gasteiger partial charge on any atom is 0.270 e. The van der Waals surface area contributed by atoms with Gasteiger partial charge < -0.3 is 4.74 Å². The Labute approximate surface area is 200 Å². The van der Waals surface area contributed by atoms with Gasteiger partial charge in [-0.15, -0.1) is 0 Å². The molecule has 0 amide bonds. The number of allylic oxidation sites excluding steroid dienone is 2. The van der Waals surface area contributed by atoms with E-state index in [0.29, 0.717) is 27.8 Å². The number of hydrogen-bond acceptors (Lipinski definition) is 6. The van der Waals surface area contributed by atoms with E-state index in [0.717, 1.165) is 16.5 Å². The number of fused-ring (bicyclic) bond motifs is 1. The van der Waals surface area contributed by atoms with Crippen molar-refractivity contribution in [1.82, 2.24) is 9.97 Å². The third-order valence-corrected chi connectivity index (χ3v) is 5.34. The van der Waals surface area contributed by atoms with Crippen molar-refractivity contribution in [3.63, 3.8) is 0 Å². The average Bonchev–Trinajstić information content (AvgIpc) is 2.83. The number of nitro groups is 1. The molecule has 0 saturated heterocycles. The van der Waals surface area contributed by atoms with E-state index in [2.05, 4.69) is 9.97 Å². The summed E-state index contributed by atoms with van der Waals surface area (Å²) in [6.45, 7) is 1.97. The molecule has 0 atom stereocenters. The summed E-state index contributed by atoms with van der Waals surface area (Å²) in [5, 5.41) is 12.1. The van der Waals surface area contributed by atoms with E-state index in [9.17, 15) is 14.9 Å². The molecule has 0 radical (unpaired) electrons. The average molecular weight is 472 g/mol. The van der Waals surface area contributed by atoms with E-state index in [-0.39, 0.29) is 11.5 Å². The van der Waals surface area contributed by atoms with Crippen LogP contribution in [0.1, 0.15) is 16.7 Å². The van der Waals surface area contributed by atoms with Crippen LogP contribution in [-0.4, -0.2) is 20.7 Å². The number of carbonyl (C=O) groups excluding carboxylic acids is 1. The Kier molecular flexibility index (Phi) is 6.75. The predicted octanol–water partition coefficient (Wildman–Crippen LogP) is 6.59. The van der Waals surface area contributed by atoms with Gasteiger partial charge in [0.25, 0.3) is 5.69 Å². The monoisotopic (exact) mass is 471 g/mol. The number of rotatable bonds is 7. The summed E-state index contributed by atoms with van der Waals surface area (Å²) in [7, 11) is 0. The number of para-hydroxylation sites is 2. The number of non-ortho nitro benzene ring substituents is 1. The van der Waals surface area contributed by atoms with E-state index in [1.165, 1.54) is 42.8 Å². The van der Waals surface area contributed by atoms with Crippen molar-refractivity contribution in [2.45, 2.75) is 6.92 Å². The van der Waals surface area contributed by atoms with Gasteiger partial charge in [0.2, 0.25) is 5.88 Å². The highest BCUT2D eigenvalue weighted by molar-refractivity contribution is 6.32. The first-order valence-electron chi connectivity index (χ1n) is 10.2. The first-order chi connectivity index (χ1) is 16.4. The molecule has 0 saturated carbocycles. The third kappa shape index (κ3) is 5.16. The highest BCUT2D eigenvalue weighted by Gasteiger charge is 2.10. The lowest BCUT2D eigenvalue weighted by Gasteiger charge is -2.10. The second-order valence-corrected chi connectivity index (χ2v) is 7.73. The Hall–Kier alpha value is -4.36. The molecule has 4 aromatic rings. The number of halogens is 1. The van der Waals surface area contributed by atoms with Crippen molar-refractivity contribution < 1.29 is 14.5 Å². The minimum atomic E-state index is -0.519. The van der Waals surface area contributed by atoms with Gasteiger partial charge in [-0.1, -0.05) is 41.9 Å². The SMILES string of the molecule is Cc1cccc2c(Oc3ccccc3/C=C/C(=O)/C=C/c3cc([N+](=O)[O-])ccc3Cl)ncnc12. The van der Waals surface area contributed by atoms with Gasteiger partial charge in [-0.2, -0.15) is 0 Å². The van der Waals surface area contributed by atoms with E-state index in [4.69, 9.17) is 16.3 Å². The minimum Gasteiger partial charge on any atom is -0.438 e. The number of aryl methyl sites for hydroxylation is 1. The maximum absolute atomic E-state index is 12.4. The highest BCUT2D eigenvalue weighted by Crippen LogP contribution is 2.30. The third-order valence-electron chi connectivity index (χ3n) is 5.00. The normalized spacial score (nSPS) is 11.4. The molecule has 0 aliphatic carbocycles. The molecule has 3 aromatic carbocycles. The van der Waals surface area contributed by atoms with Crippen LogP contribution in [0, 0.1) is 17.0 Å². The van der Waals surface area contributed by atoms with Gasteiger partial charge in [0.15, 0.2) is 5.78 Å². The Morgan fingerprint density at radius 3 is 2.56 bits per heavy atom. The quantitative estimate of drug-likeness (QED) is 0.171. The second kappa shape index (κ2) is 10.1. The predicted molar refractivity (Wildman–Crippen MR) is 132 cm³/mol. The fourth-order valence-electron chi connectivity index (χ4n) is 3.28. The van der Waals surface area contributed by atoms with Crippen molar-refractivity contribution in [1.29, 1.82) is 0 Å². The lowest BCUT2D eigenvalue weighted by molar-refractivity contribution is -0.384. The molecule has 0 unspecified atom stereocenters. The zero-order chi connectivity index (χ0) is 24.1. The molecule has 1 aromatic heterocycles. The van der Waals surface area contributed by atoms with Crippen LogP contribution in [0.25, 0.3) is 23.1 Å². The molecule has 0 fully saturated rings. The zero-order valence-electron chi connectivity index (χ0n) is 18.0. The number of benzene rings is 3. The fraction of sp³-hybridized carbons (Fsp3) is 0.0385. The molecule has 1 heterocycles. The topological polar surface area (TPSA) is 95.2 Å². The standard InChI is InChI=1S/C26H18ClN3O4/c1-17-5-4-7-22-25(17)28-16-29-26(22)34-24-8-3-2-6-18(24)9-12-21(31)13-10-19-15-20(30(32)33)11-14-23(19)27/h2-16H,1H3/b12-9+,13-10+. The van der Waals surface area contributed by atoms with Gasteiger partial charge in [-0.25, -0.2) is 9.97 Å². The van der Waals surface area contributed by atoms with Crippen molar-refractivity contribution in [3.8, 4) is 11.6 Å². The first-order valence-corrected chi connectivity index (χ1v) is 10.6. The van der Waals surface area contributed by atoms with Crippen LogP contribution in [0.5, 0.6) is 11.6 Å². The largest absolute Gasteiger partial charge is 0.438 e. The molecule has 0 aliphatic rings. The summed E-state index contributed by atoms with van der Waals surface area (Å²) in [4.78, 5) is 31.4. The number of aromatic nitrogens is 2. The molecule has 34 heavy (non-hydrogen) atoms. The summed E-state index contributed by atoms with van der Waals surface area (Å²) in [5.74, 6) is 0.625. The minimum absolute atomic E-state index is 0.106. The molecule has 0 spiro atoms. The molecular formula is C26H18ClN3O4. The highest BCUT2D eigenvalue weighted by atomic mass is 35.5. The van der Waals surface area contributed by atoms with Gasteiger partial charge in [0.1, 0.15) is 12.1 Å². The van der Waals surface area contributed by atoms with E-state index in [1.807, 2.05) is 43.3 Å². The lowest BCUT2D eigenvalue weighted by atomic mass is 10.1. The number of carbonyl (C=O) groups is 1. The van der Waals surface area contributed by atoms with Gasteiger partial charge in [0.05, 0.1) is 15.8 Å². The molecule has 4 rings (SSSR count). The summed E-state index contributed by atoms with van der Waals surface area (Å²) in [6.07, 6.45) is 7.21. The summed E-state index contributed by atoms with van der Waals surface area (Å²) < 4.78 is 6.08. The van der Waals surface area contributed by atoms with Crippen molar-refractivity contribution in [2.24, 2.45) is 0 Å². The number of nitrogens with zero attached hydrogens (tertiary/aromatic N) is 3. The molecule has 8 heteroatoms. The van der Waals surface area contributed by atoms with Gasteiger partial charge >= 0.3 is 0 Å². The van der Waals surface area contributed by atoms with Gasteiger partial charge in [0, 0.05) is 22.7 Å². The summed E-state index contributed by atoms with van der Waals surface area (Å²) >= 11 is 6.08. The molecule has 0 bridgehead atoms. The number of ether oxygens (including phenoxy) is 1. The van der Waals surface area contributed by atoms with Crippen molar-refractivity contribution in [2.75, 3.05) is 0 Å². The van der Waals surface area contributed by atoms with E-state index in [1.54, 1.807) is 12.1 Å². The molecule has 0 N–H and O–H groups in total. The maximum atomic E-state index is 12.4. The smallest absolute Gasteiger partial charge is 0.270 e. The Morgan fingerprint density at radius 1 is 1.00 bits per heavy atom. The Bertz CT molecular complexity index is 1460. The van der Waals surface area contributed by atoms with Crippen LogP contribution < -0.4 is 4.74 Å². The lowest BCUT2D eigenvalue weighted by Crippen LogP contribution is -1.94. The Balaban J connectivity index is 1.55. The fourth-order valence-corrected chi connectivity index (χ4v) is 3.46. The van der Waals surface area contributed by atoms with Crippen LogP contribution in [0.15, 0.2) is 79.1 Å². The molecule has 0 aliphatic heterocycles. The molecule has 168 valence electrons. The van der Waals surface area contributed by atoms with Crippen LogP contribution in [0.3, 0.4) is 0 Å². The van der Waals surface area contributed by atoms with E-state index < -0.39 is 4.92 Å². The summed E-state index contributed by atoms with van der Waals surface area (Å²) in [6, 6.07) is 17.1. The van der Waals surface area contributed by atoms with E-state index >= 15 is 0 Å². The van der Waals surface area contributed by atoms with Crippen LogP contribution in [-0.2, 0) is 4.79 Å². The van der Waals surface area contributed by atoms with Crippen molar-refractivity contribution >= 4 is 46.1 Å². The molecule has 7 nitrogen and oxygen atoms in total. The summed E-state index contributed by atoms with van der Waals surface area (Å²) in [5.41, 5.74) is 2.77. The van der Waals surface area contributed by atoms with Crippen LogP contribution >= 0.6 is 11.6 Å². The van der Waals surface area contributed by atoms with Crippen molar-refractivity contribution in [3.05, 3.63) is 111 Å². The van der Waals surface area contributed by atoms with Crippen LogP contribution in [0.2, 0.25) is 5.02 Å². The zero-order valence-corrected chi connectivity index (χ0v) is 18.8. The Morgan fingerprint density at radius 2 is 1.76 bits per heavy atom. The second-order valence-electron chi connectivity index (χ2n) is 7.32. The first kappa shape index (κ1) is 22.8. The van der Waals surface area contributed by atoms with Crippen LogP contribution in [0.4, 0.5) is 5.69 Å². The molecular weight excluding hydrogens is 454 g/mol. The van der Waals surface area contributed by atoms with Gasteiger partial charge in [-0.3, -0.25) is 14.9 Å². The number of ketones is 1. The van der Waals surface area contributed by atoms with Gasteiger partial charge in [-0.05, 0) is 60.6 Å². The number of nitro benzene ring substituents is 1. The number of hydrogen-bond donors (Lipinski definition) is 0.